The van der Waals surface area contributed by atoms with E-state index in [9.17, 15) is 23.2 Å². The van der Waals surface area contributed by atoms with Gasteiger partial charge in [-0.2, -0.15) is 23.5 Å². The van der Waals surface area contributed by atoms with E-state index in [-0.39, 0.29) is 17.3 Å². The molecular weight excluding hydrogens is 575 g/mol. The van der Waals surface area contributed by atoms with Crippen molar-refractivity contribution in [3.05, 3.63) is 60.1 Å². The molecule has 1 amide bonds. The monoisotopic (exact) mass is 603 g/mol. The van der Waals surface area contributed by atoms with E-state index in [1.54, 1.807) is 11.1 Å². The zero-order valence-corrected chi connectivity index (χ0v) is 23.5. The molecule has 0 bridgehead atoms. The van der Waals surface area contributed by atoms with Gasteiger partial charge < -0.3 is 15.2 Å². The predicted molar refractivity (Wildman–Crippen MR) is 152 cm³/mol. The molecule has 3 aliphatic rings. The molecule has 1 saturated carbocycles. The first-order valence-corrected chi connectivity index (χ1v) is 14.4. The number of nitrogens with zero attached hydrogens (tertiary/aromatic N) is 9. The van der Waals surface area contributed by atoms with Gasteiger partial charge in [0.05, 0.1) is 36.5 Å². The van der Waals surface area contributed by atoms with E-state index in [1.165, 1.54) is 12.4 Å². The Morgan fingerprint density at radius 2 is 1.95 bits per heavy atom. The highest BCUT2D eigenvalue weighted by Gasteiger charge is 2.49. The van der Waals surface area contributed by atoms with Gasteiger partial charge in [-0.25, -0.2) is 15.0 Å². The molecule has 7 rings (SSSR count). The Morgan fingerprint density at radius 1 is 1.14 bits per heavy atom. The van der Waals surface area contributed by atoms with Crippen molar-refractivity contribution >= 4 is 22.8 Å². The SMILES string of the molecule is N#CC[C@]1(n2cc(-c3ncnc4[nH]ccc34)cn2)C[C@H](N2CCN(C(=O)c3cc(C4=NCCN4)cc(C(F)(F)F)n3)CC2)C1. The number of carbonyl (C=O) groups is 1. The molecule has 0 atom stereocenters. The average Bonchev–Trinajstić information content (AvgIpc) is 3.80. The first kappa shape index (κ1) is 28.0. The van der Waals surface area contributed by atoms with Crippen LogP contribution in [-0.2, 0) is 11.7 Å². The third-order valence-electron chi connectivity index (χ3n) is 8.74. The maximum absolute atomic E-state index is 13.6. The maximum Gasteiger partial charge on any atom is 0.433 e. The number of amides is 1. The summed E-state index contributed by atoms with van der Waals surface area (Å²) in [6, 6.07) is 6.73. The van der Waals surface area contributed by atoms with Gasteiger partial charge in [-0.05, 0) is 31.0 Å². The van der Waals surface area contributed by atoms with Gasteiger partial charge in [-0.1, -0.05) is 0 Å². The predicted octanol–water partition coefficient (Wildman–Crippen LogP) is 2.81. The highest BCUT2D eigenvalue weighted by molar-refractivity contribution is 6.02. The molecule has 226 valence electrons. The number of aliphatic imine (C=N–C) groups is 1. The van der Waals surface area contributed by atoms with Crippen molar-refractivity contribution in [1.29, 1.82) is 5.26 Å². The third kappa shape index (κ3) is 4.94. The minimum atomic E-state index is -4.69. The number of halogens is 3. The van der Waals surface area contributed by atoms with Crippen LogP contribution in [0.5, 0.6) is 0 Å². The van der Waals surface area contributed by atoms with Gasteiger partial charge in [0, 0.05) is 67.7 Å². The van der Waals surface area contributed by atoms with Crippen LogP contribution in [0.3, 0.4) is 0 Å². The molecule has 1 aliphatic carbocycles. The maximum atomic E-state index is 13.6. The van der Waals surface area contributed by atoms with Crippen LogP contribution in [0, 0.1) is 11.3 Å². The summed E-state index contributed by atoms with van der Waals surface area (Å²) in [5, 5.41) is 18.1. The molecule has 0 aromatic carbocycles. The number of hydrogen-bond donors (Lipinski definition) is 2. The lowest BCUT2D eigenvalue weighted by molar-refractivity contribution is -0.141. The minimum absolute atomic E-state index is 0.188. The summed E-state index contributed by atoms with van der Waals surface area (Å²) in [6.45, 7) is 2.84. The first-order valence-electron chi connectivity index (χ1n) is 14.4. The van der Waals surface area contributed by atoms with Crippen molar-refractivity contribution in [3.8, 4) is 17.3 Å². The Balaban J connectivity index is 1.02. The molecule has 4 aromatic heterocycles. The van der Waals surface area contributed by atoms with E-state index in [4.69, 9.17) is 0 Å². The van der Waals surface area contributed by atoms with Gasteiger partial charge in [-0.15, -0.1) is 0 Å². The number of nitriles is 1. The lowest BCUT2D eigenvalue weighted by Gasteiger charge is -2.52. The van der Waals surface area contributed by atoms with Crippen molar-refractivity contribution in [2.24, 2.45) is 4.99 Å². The molecule has 0 radical (unpaired) electrons. The van der Waals surface area contributed by atoms with Crippen molar-refractivity contribution in [1.82, 2.24) is 44.8 Å². The number of carbonyl (C=O) groups excluding carboxylic acids is 1. The summed E-state index contributed by atoms with van der Waals surface area (Å²) in [5.74, 6) is -0.199. The number of rotatable bonds is 6. The summed E-state index contributed by atoms with van der Waals surface area (Å²) in [5.41, 5.74) is 0.731. The second kappa shape index (κ2) is 10.7. The lowest BCUT2D eigenvalue weighted by Crippen LogP contribution is -2.60. The number of aromatic amines is 1. The zero-order valence-electron chi connectivity index (χ0n) is 23.5. The first-order chi connectivity index (χ1) is 21.2. The summed E-state index contributed by atoms with van der Waals surface area (Å²) >= 11 is 0. The van der Waals surface area contributed by atoms with Crippen LogP contribution in [0.1, 0.15) is 41.0 Å². The number of pyridine rings is 1. The van der Waals surface area contributed by atoms with Gasteiger partial charge in [0.2, 0.25) is 0 Å². The normalized spacial score (nSPS) is 22.4. The van der Waals surface area contributed by atoms with Crippen LogP contribution in [-0.4, -0.2) is 96.6 Å². The van der Waals surface area contributed by atoms with Crippen LogP contribution >= 0.6 is 0 Å². The number of amidine groups is 1. The smallest absolute Gasteiger partial charge is 0.368 e. The van der Waals surface area contributed by atoms with Crippen LogP contribution in [0.15, 0.2) is 48.1 Å². The Morgan fingerprint density at radius 3 is 2.68 bits per heavy atom. The fraction of sp³-hybridized carbons (Fsp3) is 0.414. The summed E-state index contributed by atoms with van der Waals surface area (Å²) in [7, 11) is 0. The standard InChI is InChI=1S/C29H28F3N11O/c30-29(31,32)23-12-18(25-35-5-6-36-25)11-22(40-23)27(44)42-9-7-41(8-10-42)20-13-28(14-20,2-3-33)43-16-19(15-39-43)24-21-1-4-34-26(21)38-17-37-24/h1,4,11-12,15-17,20H,2,5-10,13-14H2,(H,35,36)(H,34,37,38)/t20-,28-. The summed E-state index contributed by atoms with van der Waals surface area (Å²) < 4.78 is 42.7. The van der Waals surface area contributed by atoms with Crippen LogP contribution in [0.4, 0.5) is 13.2 Å². The van der Waals surface area contributed by atoms with Crippen molar-refractivity contribution in [3.63, 3.8) is 0 Å². The van der Waals surface area contributed by atoms with Gasteiger partial charge in [0.1, 0.15) is 29.2 Å². The largest absolute Gasteiger partial charge is 0.433 e. The molecule has 6 heterocycles. The number of piperazine rings is 1. The van der Waals surface area contributed by atoms with E-state index in [0.29, 0.717) is 64.4 Å². The molecule has 15 heteroatoms. The Hall–Kier alpha value is -4.84. The quantitative estimate of drug-likeness (QED) is 0.343. The van der Waals surface area contributed by atoms with E-state index < -0.39 is 23.3 Å². The van der Waals surface area contributed by atoms with Gasteiger partial charge in [0.15, 0.2) is 0 Å². The molecule has 12 nitrogen and oxygen atoms in total. The van der Waals surface area contributed by atoms with Gasteiger partial charge >= 0.3 is 6.18 Å². The Bertz CT molecular complexity index is 1790. The van der Waals surface area contributed by atoms with E-state index in [0.717, 1.165) is 28.4 Å². The fourth-order valence-electron chi connectivity index (χ4n) is 6.41. The summed E-state index contributed by atoms with van der Waals surface area (Å²) in [6.07, 6.45) is 4.04. The molecule has 2 N–H and O–H groups in total. The second-order valence-corrected chi connectivity index (χ2v) is 11.4. The number of hydrogen-bond acceptors (Lipinski definition) is 9. The zero-order chi connectivity index (χ0) is 30.5. The average molecular weight is 604 g/mol. The van der Waals surface area contributed by atoms with Gasteiger partial charge in [-0.3, -0.25) is 19.4 Å². The fourth-order valence-corrected chi connectivity index (χ4v) is 6.41. The van der Waals surface area contributed by atoms with E-state index >= 15 is 0 Å². The van der Waals surface area contributed by atoms with Gasteiger partial charge in [0.25, 0.3) is 5.91 Å². The van der Waals surface area contributed by atoms with Crippen LogP contribution in [0.25, 0.3) is 22.3 Å². The topological polar surface area (TPSA) is 144 Å². The number of fused-ring (bicyclic) bond motifs is 1. The van der Waals surface area contributed by atoms with E-state index in [1.807, 2.05) is 23.1 Å². The van der Waals surface area contributed by atoms with E-state index in [2.05, 4.69) is 46.3 Å². The van der Waals surface area contributed by atoms with Crippen LogP contribution < -0.4 is 5.32 Å². The van der Waals surface area contributed by atoms with Crippen molar-refractivity contribution < 1.29 is 18.0 Å². The minimum Gasteiger partial charge on any atom is -0.368 e. The Labute approximate surface area is 249 Å². The molecule has 1 saturated heterocycles. The number of aromatic nitrogens is 6. The molecular formula is C29H28F3N11O. The summed E-state index contributed by atoms with van der Waals surface area (Å²) in [4.78, 5) is 36.8. The van der Waals surface area contributed by atoms with Crippen molar-refractivity contribution in [2.45, 2.75) is 37.0 Å². The molecule has 2 fully saturated rings. The molecule has 0 unspecified atom stereocenters. The molecule has 2 aliphatic heterocycles. The lowest BCUT2D eigenvalue weighted by atomic mass is 9.70. The third-order valence-corrected chi connectivity index (χ3v) is 8.74. The molecule has 4 aromatic rings. The van der Waals surface area contributed by atoms with Crippen molar-refractivity contribution in [2.75, 3.05) is 39.3 Å². The second-order valence-electron chi connectivity index (χ2n) is 11.4. The highest BCUT2D eigenvalue weighted by atomic mass is 19.4. The Kier molecular flexibility index (Phi) is 6.80. The molecule has 0 spiro atoms. The number of alkyl halides is 3. The number of H-pyrrole nitrogens is 1. The highest BCUT2D eigenvalue weighted by Crippen LogP contribution is 2.45. The number of nitrogens with one attached hydrogen (secondary N) is 2. The molecule has 44 heavy (non-hydrogen) atoms. The van der Waals surface area contributed by atoms with Crippen LogP contribution in [0.2, 0.25) is 0 Å².